The summed E-state index contributed by atoms with van der Waals surface area (Å²) in [4.78, 5) is 13.9. The van der Waals surface area contributed by atoms with Gasteiger partial charge in [-0.15, -0.1) is 0 Å². The molecular formula is C33H30N2O2. The molecule has 0 unspecified atom stereocenters. The Bertz CT molecular complexity index is 1460. The molecule has 0 spiro atoms. The van der Waals surface area contributed by atoms with Crippen molar-refractivity contribution in [1.29, 1.82) is 0 Å². The first kappa shape index (κ1) is 23.1. The lowest BCUT2D eigenvalue weighted by Gasteiger charge is -2.30. The number of ketones is 1. The van der Waals surface area contributed by atoms with Gasteiger partial charge in [0.1, 0.15) is 12.4 Å². The molecule has 0 bridgehead atoms. The lowest BCUT2D eigenvalue weighted by atomic mass is 9.78. The topological polar surface area (TPSA) is 50.4 Å². The van der Waals surface area contributed by atoms with E-state index in [4.69, 9.17) is 4.74 Å². The van der Waals surface area contributed by atoms with Crippen molar-refractivity contribution in [3.8, 4) is 5.75 Å². The molecule has 0 amide bonds. The van der Waals surface area contributed by atoms with Crippen LogP contribution in [0.25, 0.3) is 0 Å². The molecule has 2 N–H and O–H groups in total. The summed E-state index contributed by atoms with van der Waals surface area (Å²) in [6.45, 7) is 2.56. The minimum atomic E-state index is -0.315. The molecule has 4 nitrogen and oxygen atoms in total. The first-order chi connectivity index (χ1) is 18.2. The Kier molecular flexibility index (Phi) is 6.23. The largest absolute Gasteiger partial charge is 0.489 e. The number of fused-ring (bicyclic) bond motifs is 1. The van der Waals surface area contributed by atoms with Gasteiger partial charge in [0, 0.05) is 23.3 Å². The van der Waals surface area contributed by atoms with Crippen LogP contribution in [0.2, 0.25) is 0 Å². The van der Waals surface area contributed by atoms with Gasteiger partial charge in [0.25, 0.3) is 0 Å². The molecule has 6 rings (SSSR count). The molecule has 1 heterocycles. The molecular weight excluding hydrogens is 456 g/mol. The van der Waals surface area contributed by atoms with Crippen molar-refractivity contribution in [2.45, 2.75) is 38.3 Å². The number of carbonyl (C=O) groups is 1. The smallest absolute Gasteiger partial charge is 0.163 e. The van der Waals surface area contributed by atoms with Crippen LogP contribution in [0.1, 0.15) is 47.1 Å². The minimum Gasteiger partial charge on any atom is -0.489 e. The number of rotatable bonds is 5. The molecule has 0 aromatic heterocycles. The summed E-state index contributed by atoms with van der Waals surface area (Å²) in [5.74, 6) is 1.10. The fraction of sp³-hybridized carbons (Fsp3) is 0.182. The molecule has 0 radical (unpaired) electrons. The molecule has 1 aliphatic heterocycles. The molecule has 0 saturated heterocycles. The van der Waals surface area contributed by atoms with E-state index in [1.54, 1.807) is 0 Å². The molecule has 0 saturated carbocycles. The van der Waals surface area contributed by atoms with Crippen molar-refractivity contribution in [3.63, 3.8) is 0 Å². The lowest BCUT2D eigenvalue weighted by molar-refractivity contribution is -0.116. The zero-order valence-electron chi connectivity index (χ0n) is 20.9. The van der Waals surface area contributed by atoms with E-state index in [0.717, 1.165) is 45.9 Å². The number of Topliss-reactive ketones (excluding diaryl/α,β-unsaturated/α-hetero) is 1. The van der Waals surface area contributed by atoms with Crippen LogP contribution in [-0.2, 0) is 11.4 Å². The van der Waals surface area contributed by atoms with E-state index in [-0.39, 0.29) is 17.7 Å². The Labute approximate surface area is 218 Å². The summed E-state index contributed by atoms with van der Waals surface area (Å²) in [6, 6.07) is 34.6. The fourth-order valence-electron chi connectivity index (χ4n) is 5.39. The van der Waals surface area contributed by atoms with Crippen LogP contribution in [0, 0.1) is 6.92 Å². The highest BCUT2D eigenvalue weighted by Crippen LogP contribution is 2.45. The summed E-state index contributed by atoms with van der Waals surface area (Å²) >= 11 is 0. The number of hydrogen-bond donors (Lipinski definition) is 2. The third kappa shape index (κ3) is 4.75. The van der Waals surface area contributed by atoms with Crippen LogP contribution in [0.3, 0.4) is 0 Å². The Hall–Kier alpha value is -4.31. The summed E-state index contributed by atoms with van der Waals surface area (Å²) in [5, 5.41) is 7.32. The minimum absolute atomic E-state index is 0.148. The SMILES string of the molecule is Cc1ccc([C@H]2CC(=O)C3=C(C2)Nc2ccccc2N[C@@H]3c2ccccc2OCc2ccccc2)cc1. The van der Waals surface area contributed by atoms with Gasteiger partial charge in [-0.05, 0) is 48.6 Å². The number of ether oxygens (including phenoxy) is 1. The second-order valence-corrected chi connectivity index (χ2v) is 9.89. The van der Waals surface area contributed by atoms with E-state index in [2.05, 4.69) is 72.2 Å². The molecule has 4 aromatic rings. The predicted molar refractivity (Wildman–Crippen MR) is 149 cm³/mol. The van der Waals surface area contributed by atoms with E-state index < -0.39 is 0 Å². The highest BCUT2D eigenvalue weighted by atomic mass is 16.5. The average molecular weight is 487 g/mol. The maximum Gasteiger partial charge on any atom is 0.163 e. The molecule has 1 aliphatic carbocycles. The van der Waals surface area contributed by atoms with Crippen LogP contribution in [-0.4, -0.2) is 5.78 Å². The van der Waals surface area contributed by atoms with Gasteiger partial charge in [0.15, 0.2) is 5.78 Å². The van der Waals surface area contributed by atoms with Gasteiger partial charge in [-0.2, -0.15) is 0 Å². The van der Waals surface area contributed by atoms with E-state index >= 15 is 0 Å². The van der Waals surface area contributed by atoms with Crippen molar-refractivity contribution in [2.24, 2.45) is 0 Å². The van der Waals surface area contributed by atoms with Gasteiger partial charge in [0.05, 0.1) is 17.4 Å². The second-order valence-electron chi connectivity index (χ2n) is 9.89. The monoisotopic (exact) mass is 486 g/mol. The second kappa shape index (κ2) is 9.98. The van der Waals surface area contributed by atoms with Crippen LogP contribution < -0.4 is 15.4 Å². The van der Waals surface area contributed by atoms with Crippen LogP contribution in [0.4, 0.5) is 11.4 Å². The highest BCUT2D eigenvalue weighted by Gasteiger charge is 2.37. The predicted octanol–water partition coefficient (Wildman–Crippen LogP) is 7.55. The first-order valence-corrected chi connectivity index (χ1v) is 12.9. The van der Waals surface area contributed by atoms with E-state index in [1.165, 1.54) is 11.1 Å². The molecule has 2 aliphatic rings. The summed E-state index contributed by atoms with van der Waals surface area (Å²) in [6.07, 6.45) is 1.27. The lowest BCUT2D eigenvalue weighted by Crippen LogP contribution is -2.27. The number of anilines is 2. The normalized spacial score (nSPS) is 18.7. The van der Waals surface area contributed by atoms with Crippen molar-refractivity contribution in [3.05, 3.63) is 137 Å². The molecule has 0 fully saturated rings. The highest BCUT2D eigenvalue weighted by molar-refractivity contribution is 6.01. The molecule has 4 aromatic carbocycles. The zero-order chi connectivity index (χ0) is 25.2. The fourth-order valence-corrected chi connectivity index (χ4v) is 5.39. The Morgan fingerprint density at radius 3 is 2.30 bits per heavy atom. The quantitative estimate of drug-likeness (QED) is 0.306. The third-order valence-corrected chi connectivity index (χ3v) is 7.32. The van der Waals surface area contributed by atoms with Crippen LogP contribution >= 0.6 is 0 Å². The summed E-state index contributed by atoms with van der Waals surface area (Å²) in [7, 11) is 0. The molecule has 184 valence electrons. The van der Waals surface area contributed by atoms with E-state index in [0.29, 0.717) is 13.0 Å². The van der Waals surface area contributed by atoms with Crippen molar-refractivity contribution in [2.75, 3.05) is 10.6 Å². The molecule has 37 heavy (non-hydrogen) atoms. The van der Waals surface area contributed by atoms with Crippen molar-refractivity contribution >= 4 is 17.2 Å². The van der Waals surface area contributed by atoms with E-state index in [1.807, 2.05) is 48.5 Å². The maximum absolute atomic E-state index is 13.9. The number of aryl methyl sites for hydroxylation is 1. The standard InChI is InChI=1S/C33H30N2O2/c1-22-15-17-24(18-16-22)25-19-29-32(30(36)20-25)33(35-28-13-7-6-12-27(28)34-29)26-11-5-8-14-31(26)37-21-23-9-3-2-4-10-23/h2-18,25,33-35H,19-21H2,1H3/t25-,33-/m1/s1. The third-order valence-electron chi connectivity index (χ3n) is 7.32. The first-order valence-electron chi connectivity index (χ1n) is 12.9. The van der Waals surface area contributed by atoms with Gasteiger partial charge in [-0.3, -0.25) is 4.79 Å². The van der Waals surface area contributed by atoms with Gasteiger partial charge in [-0.1, -0.05) is 90.5 Å². The summed E-state index contributed by atoms with van der Waals surface area (Å²) in [5.41, 5.74) is 8.25. The van der Waals surface area contributed by atoms with Crippen LogP contribution in [0.5, 0.6) is 5.75 Å². The number of nitrogens with one attached hydrogen (secondary N) is 2. The maximum atomic E-state index is 13.9. The zero-order valence-corrected chi connectivity index (χ0v) is 20.9. The molecule has 4 heteroatoms. The Balaban J connectivity index is 1.40. The van der Waals surface area contributed by atoms with Gasteiger partial charge >= 0.3 is 0 Å². The van der Waals surface area contributed by atoms with Crippen LogP contribution in [0.15, 0.2) is 114 Å². The number of carbonyl (C=O) groups excluding carboxylic acids is 1. The van der Waals surface area contributed by atoms with Crippen molar-refractivity contribution in [1.82, 2.24) is 0 Å². The van der Waals surface area contributed by atoms with Crippen molar-refractivity contribution < 1.29 is 9.53 Å². The summed E-state index contributed by atoms with van der Waals surface area (Å²) < 4.78 is 6.33. The number of benzene rings is 4. The number of allylic oxidation sites excluding steroid dienone is 1. The number of hydrogen-bond acceptors (Lipinski definition) is 4. The van der Waals surface area contributed by atoms with Gasteiger partial charge in [-0.25, -0.2) is 0 Å². The van der Waals surface area contributed by atoms with Gasteiger partial charge in [0.2, 0.25) is 0 Å². The molecule has 2 atom stereocenters. The van der Waals surface area contributed by atoms with Gasteiger partial charge < -0.3 is 15.4 Å². The number of para-hydroxylation sites is 3. The Morgan fingerprint density at radius 2 is 1.49 bits per heavy atom. The Morgan fingerprint density at radius 1 is 0.784 bits per heavy atom. The average Bonchev–Trinajstić information content (AvgIpc) is 3.10. The van der Waals surface area contributed by atoms with E-state index in [9.17, 15) is 4.79 Å².